The van der Waals surface area contributed by atoms with Crippen LogP contribution in [0.3, 0.4) is 0 Å². The second-order valence-corrected chi connectivity index (χ2v) is 8.91. The van der Waals surface area contributed by atoms with E-state index in [-0.39, 0.29) is 23.3 Å². The summed E-state index contributed by atoms with van der Waals surface area (Å²) >= 11 is 0. The number of aryl methyl sites for hydroxylation is 1. The number of hydrogen-bond donors (Lipinski definition) is 1. The zero-order chi connectivity index (χ0) is 17.6. The zero-order valence-electron chi connectivity index (χ0n) is 14.9. The van der Waals surface area contributed by atoms with Crippen molar-refractivity contribution < 1.29 is 17.9 Å². The lowest BCUT2D eigenvalue weighted by Gasteiger charge is -2.27. The Bertz CT molecular complexity index is 692. The molecule has 1 saturated heterocycles. The first-order valence-electron chi connectivity index (χ1n) is 7.65. The van der Waals surface area contributed by atoms with Gasteiger partial charge in [0.15, 0.2) is 0 Å². The van der Waals surface area contributed by atoms with E-state index >= 15 is 0 Å². The van der Waals surface area contributed by atoms with E-state index in [0.717, 1.165) is 0 Å². The average Bonchev–Trinajstić information content (AvgIpc) is 2.72. The van der Waals surface area contributed by atoms with Crippen LogP contribution in [0.1, 0.15) is 45.5 Å². The van der Waals surface area contributed by atoms with Crippen molar-refractivity contribution >= 4 is 10.0 Å². The van der Waals surface area contributed by atoms with E-state index in [9.17, 15) is 8.42 Å². The highest BCUT2D eigenvalue weighted by Crippen LogP contribution is 2.38. The first-order valence-corrected chi connectivity index (χ1v) is 9.13. The van der Waals surface area contributed by atoms with Crippen molar-refractivity contribution in [2.75, 3.05) is 7.11 Å². The summed E-state index contributed by atoms with van der Waals surface area (Å²) in [5, 5.41) is 4.25. The topological polar surface area (TPSA) is 82.5 Å². The number of methoxy groups -OCH3 is 1. The molecular formula is C15H27N3O4S. The molecule has 1 aliphatic rings. The van der Waals surface area contributed by atoms with Crippen molar-refractivity contribution in [3.8, 4) is 0 Å². The van der Waals surface area contributed by atoms with Gasteiger partial charge in [0.05, 0.1) is 28.6 Å². The fourth-order valence-corrected chi connectivity index (χ4v) is 5.09. The zero-order valence-corrected chi connectivity index (χ0v) is 15.7. The Hall–Kier alpha value is -0.960. The lowest BCUT2D eigenvalue weighted by Crippen LogP contribution is -2.46. The maximum Gasteiger partial charge on any atom is 0.244 e. The van der Waals surface area contributed by atoms with E-state index in [0.29, 0.717) is 17.8 Å². The minimum atomic E-state index is -3.69. The molecule has 1 aliphatic heterocycles. The van der Waals surface area contributed by atoms with Crippen molar-refractivity contribution in [1.82, 2.24) is 14.5 Å². The van der Waals surface area contributed by atoms with E-state index in [2.05, 4.69) is 9.82 Å². The van der Waals surface area contributed by atoms with Crippen molar-refractivity contribution in [2.24, 2.45) is 0 Å². The SMILES string of the molecule is COCn1nc(C)c(S(=O)(=O)NC2CC(C)(C)OC2(C)C)c1C. The molecule has 132 valence electrons. The van der Waals surface area contributed by atoms with Crippen LogP contribution < -0.4 is 4.72 Å². The third-order valence-corrected chi connectivity index (χ3v) is 5.93. The van der Waals surface area contributed by atoms with Crippen molar-refractivity contribution in [2.45, 2.75) is 76.8 Å². The second-order valence-electron chi connectivity index (χ2n) is 7.26. The predicted molar refractivity (Wildman–Crippen MR) is 86.7 cm³/mol. The van der Waals surface area contributed by atoms with Crippen molar-refractivity contribution in [3.63, 3.8) is 0 Å². The number of rotatable bonds is 5. The summed E-state index contributed by atoms with van der Waals surface area (Å²) in [4.78, 5) is 0.218. The molecule has 1 aromatic rings. The standard InChI is InChI=1S/C15H27N3O4S/c1-10-13(11(2)18(16-10)9-21-7)23(19,20)17-12-8-14(3,4)22-15(12,5)6/h12,17H,8-9H2,1-7H3. The van der Waals surface area contributed by atoms with Gasteiger partial charge in [-0.3, -0.25) is 0 Å². The smallest absolute Gasteiger partial charge is 0.244 e. The summed E-state index contributed by atoms with van der Waals surface area (Å²) in [5.74, 6) is 0. The van der Waals surface area contributed by atoms with Gasteiger partial charge in [-0.25, -0.2) is 17.8 Å². The fraction of sp³-hybridized carbons (Fsp3) is 0.800. The maximum atomic E-state index is 12.9. The molecule has 1 aromatic heterocycles. The maximum absolute atomic E-state index is 12.9. The Morgan fingerprint density at radius 1 is 1.35 bits per heavy atom. The highest BCUT2D eigenvalue weighted by atomic mass is 32.2. The van der Waals surface area contributed by atoms with Gasteiger partial charge in [-0.15, -0.1) is 0 Å². The van der Waals surface area contributed by atoms with Crippen LogP contribution in [-0.4, -0.2) is 42.6 Å². The van der Waals surface area contributed by atoms with E-state index < -0.39 is 15.6 Å². The third kappa shape index (κ3) is 3.60. The monoisotopic (exact) mass is 345 g/mol. The van der Waals surface area contributed by atoms with Crippen LogP contribution in [0.15, 0.2) is 4.90 Å². The van der Waals surface area contributed by atoms with Gasteiger partial charge in [0.25, 0.3) is 0 Å². The Morgan fingerprint density at radius 3 is 2.43 bits per heavy atom. The number of aromatic nitrogens is 2. The Kier molecular flexibility index (Phi) is 4.67. The molecule has 0 aromatic carbocycles. The van der Waals surface area contributed by atoms with Crippen LogP contribution in [0.4, 0.5) is 0 Å². The van der Waals surface area contributed by atoms with E-state index in [1.165, 1.54) is 0 Å². The molecule has 1 unspecified atom stereocenters. The molecule has 1 atom stereocenters. The minimum absolute atomic E-state index is 0.216. The quantitative estimate of drug-likeness (QED) is 0.879. The van der Waals surface area contributed by atoms with Crippen LogP contribution >= 0.6 is 0 Å². The van der Waals surface area contributed by atoms with Crippen molar-refractivity contribution in [1.29, 1.82) is 0 Å². The Balaban J connectivity index is 2.34. The van der Waals surface area contributed by atoms with Crippen LogP contribution in [0.2, 0.25) is 0 Å². The molecule has 0 amide bonds. The fourth-order valence-electron chi connectivity index (χ4n) is 3.31. The van der Waals surface area contributed by atoms with E-state index in [1.54, 1.807) is 25.6 Å². The van der Waals surface area contributed by atoms with E-state index in [4.69, 9.17) is 9.47 Å². The third-order valence-electron chi connectivity index (χ3n) is 4.21. The van der Waals surface area contributed by atoms with Gasteiger partial charge in [0.2, 0.25) is 10.0 Å². The van der Waals surface area contributed by atoms with Crippen LogP contribution in [0.5, 0.6) is 0 Å². The van der Waals surface area contributed by atoms with Crippen molar-refractivity contribution in [3.05, 3.63) is 11.4 Å². The molecule has 0 radical (unpaired) electrons. The molecule has 23 heavy (non-hydrogen) atoms. The highest BCUT2D eigenvalue weighted by molar-refractivity contribution is 7.89. The van der Waals surface area contributed by atoms with Gasteiger partial charge in [-0.05, 0) is 48.0 Å². The van der Waals surface area contributed by atoms with Crippen LogP contribution in [-0.2, 0) is 26.2 Å². The molecule has 8 heteroatoms. The summed E-state index contributed by atoms with van der Waals surface area (Å²) in [6.07, 6.45) is 0.615. The number of nitrogens with zero attached hydrogens (tertiary/aromatic N) is 2. The molecule has 7 nitrogen and oxygen atoms in total. The molecular weight excluding hydrogens is 318 g/mol. The summed E-state index contributed by atoms with van der Waals surface area (Å²) in [5.41, 5.74) is 0.0953. The molecule has 0 spiro atoms. The van der Waals surface area contributed by atoms with Gasteiger partial charge >= 0.3 is 0 Å². The molecule has 2 heterocycles. The van der Waals surface area contributed by atoms with Gasteiger partial charge < -0.3 is 9.47 Å². The summed E-state index contributed by atoms with van der Waals surface area (Å²) in [6, 6.07) is -0.299. The van der Waals surface area contributed by atoms with Crippen LogP contribution in [0.25, 0.3) is 0 Å². The number of hydrogen-bond acceptors (Lipinski definition) is 5. The number of sulfonamides is 1. The van der Waals surface area contributed by atoms with Crippen LogP contribution in [0, 0.1) is 13.8 Å². The molecule has 2 rings (SSSR count). The van der Waals surface area contributed by atoms with Gasteiger partial charge in [0.1, 0.15) is 11.6 Å². The van der Waals surface area contributed by atoms with Gasteiger partial charge in [-0.2, -0.15) is 5.10 Å². The first kappa shape index (κ1) is 18.4. The molecule has 1 fully saturated rings. The Labute approximate surface area is 138 Å². The minimum Gasteiger partial charge on any atom is -0.368 e. The molecule has 1 N–H and O–H groups in total. The second kappa shape index (κ2) is 5.84. The Morgan fingerprint density at radius 2 is 1.96 bits per heavy atom. The summed E-state index contributed by atoms with van der Waals surface area (Å²) in [6.45, 7) is 11.4. The normalized spacial score (nSPS) is 23.3. The summed E-state index contributed by atoms with van der Waals surface area (Å²) in [7, 11) is -2.15. The lowest BCUT2D eigenvalue weighted by atomic mass is 9.96. The molecule has 0 saturated carbocycles. The average molecular weight is 345 g/mol. The number of nitrogens with one attached hydrogen (secondary N) is 1. The summed E-state index contributed by atoms with van der Waals surface area (Å²) < 4.78 is 41.1. The largest absolute Gasteiger partial charge is 0.368 e. The highest BCUT2D eigenvalue weighted by Gasteiger charge is 2.47. The van der Waals surface area contributed by atoms with E-state index in [1.807, 2.05) is 27.7 Å². The van der Waals surface area contributed by atoms with Gasteiger partial charge in [0, 0.05) is 7.11 Å². The molecule has 0 aliphatic carbocycles. The first-order chi connectivity index (χ1) is 10.4. The van der Waals surface area contributed by atoms with Gasteiger partial charge in [-0.1, -0.05) is 0 Å². The number of ether oxygens (including phenoxy) is 2. The lowest BCUT2D eigenvalue weighted by molar-refractivity contribution is -0.0684. The predicted octanol–water partition coefficient (Wildman–Crippen LogP) is 1.73. The molecule has 0 bridgehead atoms.